The Kier molecular flexibility index (Phi) is 7.84. The van der Waals surface area contributed by atoms with E-state index in [9.17, 15) is 19.2 Å². The number of benzene rings is 3. The highest BCUT2D eigenvalue weighted by atomic mass is 32.2. The highest BCUT2D eigenvalue weighted by Gasteiger charge is 2.44. The van der Waals surface area contributed by atoms with Crippen LogP contribution in [0.2, 0.25) is 0 Å². The van der Waals surface area contributed by atoms with Gasteiger partial charge in [-0.3, -0.25) is 19.3 Å². The highest BCUT2D eigenvalue weighted by Crippen LogP contribution is 2.39. The zero-order valence-electron chi connectivity index (χ0n) is 21.9. The first-order valence-electron chi connectivity index (χ1n) is 13.0. The molecule has 7 nitrogen and oxygen atoms in total. The van der Waals surface area contributed by atoms with Crippen LogP contribution in [0.3, 0.4) is 0 Å². The zero-order chi connectivity index (χ0) is 27.5. The lowest BCUT2D eigenvalue weighted by Crippen LogP contribution is -2.54. The van der Waals surface area contributed by atoms with Gasteiger partial charge in [0.15, 0.2) is 5.12 Å². The number of anilines is 1. The summed E-state index contributed by atoms with van der Waals surface area (Å²) in [5.74, 6) is -1.19. The fraction of sp³-hybridized carbons (Fsp3) is 0.290. The second kappa shape index (κ2) is 11.5. The van der Waals surface area contributed by atoms with Gasteiger partial charge in [-0.15, -0.1) is 0 Å². The molecule has 0 spiro atoms. The van der Waals surface area contributed by atoms with Crippen LogP contribution in [0.5, 0.6) is 0 Å². The summed E-state index contributed by atoms with van der Waals surface area (Å²) in [6.07, 6.45) is 1.69. The van der Waals surface area contributed by atoms with Crippen molar-refractivity contribution >= 4 is 40.3 Å². The van der Waals surface area contributed by atoms with E-state index in [4.69, 9.17) is 4.74 Å². The van der Waals surface area contributed by atoms with Gasteiger partial charge in [-0.25, -0.2) is 4.79 Å². The monoisotopic (exact) mass is 542 g/mol. The van der Waals surface area contributed by atoms with Gasteiger partial charge in [0.2, 0.25) is 11.8 Å². The average Bonchev–Trinajstić information content (AvgIpc) is 3.28. The number of carbonyl (C=O) groups is 4. The molecule has 2 aliphatic heterocycles. The minimum absolute atomic E-state index is 0.175. The van der Waals surface area contributed by atoms with Crippen molar-refractivity contribution < 1.29 is 23.9 Å². The van der Waals surface area contributed by atoms with E-state index in [1.807, 2.05) is 72.8 Å². The summed E-state index contributed by atoms with van der Waals surface area (Å²) < 4.78 is 4.99. The quantitative estimate of drug-likeness (QED) is 0.452. The third kappa shape index (κ3) is 5.61. The van der Waals surface area contributed by atoms with Crippen LogP contribution in [0.4, 0.5) is 5.69 Å². The van der Waals surface area contributed by atoms with Gasteiger partial charge < -0.3 is 10.1 Å². The number of hydrogen-bond acceptors (Lipinski definition) is 6. The maximum absolute atomic E-state index is 13.7. The molecule has 5 rings (SSSR count). The molecule has 3 atom stereocenters. The summed E-state index contributed by atoms with van der Waals surface area (Å²) >= 11 is 0.961. The molecule has 0 aliphatic carbocycles. The summed E-state index contributed by atoms with van der Waals surface area (Å²) in [5.41, 5.74) is 5.72. The number of hydrogen-bond donors (Lipinski definition) is 1. The van der Waals surface area contributed by atoms with Crippen LogP contribution in [-0.2, 0) is 43.2 Å². The van der Waals surface area contributed by atoms with Crippen LogP contribution in [0, 0.1) is 0 Å². The van der Waals surface area contributed by atoms with Crippen molar-refractivity contribution in [2.75, 3.05) is 12.0 Å². The van der Waals surface area contributed by atoms with Gasteiger partial charge in [-0.05, 0) is 47.1 Å². The fourth-order valence-corrected chi connectivity index (χ4v) is 6.27. The number of thioether (sulfide) groups is 1. The Morgan fingerprint density at radius 2 is 1.67 bits per heavy atom. The molecule has 0 saturated heterocycles. The van der Waals surface area contributed by atoms with E-state index < -0.39 is 23.3 Å². The molecule has 8 heteroatoms. The summed E-state index contributed by atoms with van der Waals surface area (Å²) in [7, 11) is 1.31. The molecular formula is C31H30N2O5S. The number of amides is 2. The normalized spacial score (nSPS) is 18.6. The second-order valence-corrected chi connectivity index (χ2v) is 11.2. The third-order valence-corrected chi connectivity index (χ3v) is 8.28. The number of methoxy groups -OCH3 is 1. The molecule has 1 N–H and O–H groups in total. The van der Waals surface area contributed by atoms with Gasteiger partial charge >= 0.3 is 5.97 Å². The molecule has 1 unspecified atom stereocenters. The SMILES string of the molecule is COC(=O)[C@@H]1Cc2cccc3c2N1C(=O)C(NC(=O)[C@H](Cc1ccc(-c2ccccc2)cc1)SC(C)=O)CC3. The van der Waals surface area contributed by atoms with Gasteiger partial charge in [0.05, 0.1) is 18.0 Å². The number of nitrogens with one attached hydrogen (secondary N) is 1. The molecule has 200 valence electrons. The lowest BCUT2D eigenvalue weighted by Gasteiger charge is -2.27. The molecule has 3 aromatic carbocycles. The van der Waals surface area contributed by atoms with Crippen LogP contribution in [0.25, 0.3) is 11.1 Å². The first-order chi connectivity index (χ1) is 18.9. The van der Waals surface area contributed by atoms with Gasteiger partial charge in [0.25, 0.3) is 0 Å². The zero-order valence-corrected chi connectivity index (χ0v) is 22.7. The van der Waals surface area contributed by atoms with Crippen LogP contribution in [0.15, 0.2) is 72.8 Å². The topological polar surface area (TPSA) is 92.8 Å². The molecular weight excluding hydrogens is 512 g/mol. The second-order valence-electron chi connectivity index (χ2n) is 9.84. The smallest absolute Gasteiger partial charge is 0.329 e. The van der Waals surface area contributed by atoms with Crippen molar-refractivity contribution in [2.24, 2.45) is 0 Å². The Morgan fingerprint density at radius 1 is 0.974 bits per heavy atom. The molecule has 0 bridgehead atoms. The van der Waals surface area contributed by atoms with E-state index in [0.717, 1.165) is 45.3 Å². The molecule has 0 aromatic heterocycles. The molecule has 3 aromatic rings. The molecule has 2 amide bonds. The Labute approximate surface area is 231 Å². The average molecular weight is 543 g/mol. The van der Waals surface area contributed by atoms with Gasteiger partial charge in [-0.2, -0.15) is 0 Å². The first kappa shape index (κ1) is 26.7. The third-order valence-electron chi connectivity index (χ3n) is 7.28. The van der Waals surface area contributed by atoms with Crippen LogP contribution in [0.1, 0.15) is 30.0 Å². The van der Waals surface area contributed by atoms with Gasteiger partial charge in [0.1, 0.15) is 12.1 Å². The molecule has 2 aliphatic rings. The summed E-state index contributed by atoms with van der Waals surface area (Å²) in [6.45, 7) is 1.43. The maximum atomic E-state index is 13.7. The van der Waals surface area contributed by atoms with Crippen molar-refractivity contribution in [3.8, 4) is 11.1 Å². The van der Waals surface area contributed by atoms with Crippen LogP contribution in [-0.4, -0.2) is 47.3 Å². The summed E-state index contributed by atoms with van der Waals surface area (Å²) in [6, 6.07) is 22.2. The maximum Gasteiger partial charge on any atom is 0.329 e. The number of carbonyl (C=O) groups excluding carboxylic acids is 4. The predicted molar refractivity (Wildman–Crippen MR) is 151 cm³/mol. The molecule has 2 heterocycles. The lowest BCUT2D eigenvalue weighted by atomic mass is 10.0. The minimum Gasteiger partial charge on any atom is -0.467 e. The van der Waals surface area contributed by atoms with Crippen molar-refractivity contribution in [1.29, 1.82) is 0 Å². The molecule has 0 saturated carbocycles. The van der Waals surface area contributed by atoms with Crippen LogP contribution < -0.4 is 10.2 Å². The predicted octanol–water partition coefficient (Wildman–Crippen LogP) is 4.11. The number of rotatable bonds is 7. The van der Waals surface area contributed by atoms with Gasteiger partial charge in [-0.1, -0.05) is 84.6 Å². The summed E-state index contributed by atoms with van der Waals surface area (Å²) in [5, 5.41) is 2.04. The van der Waals surface area contributed by atoms with Gasteiger partial charge in [0, 0.05) is 13.3 Å². The standard InChI is InChI=1S/C31H30N2O5S/c1-19(34)39-27(17-20-11-13-22(14-12-20)21-7-4-3-5-8-21)29(35)32-25-16-15-23-9-6-10-24-18-26(31(37)38-2)33(28(23)24)30(25)36/h3-14,25-27H,15-18H2,1-2H3,(H,32,35)/t25?,26-,27-/m0/s1. The largest absolute Gasteiger partial charge is 0.467 e. The fourth-order valence-electron chi connectivity index (χ4n) is 5.42. The number of ether oxygens (including phenoxy) is 1. The van der Waals surface area contributed by atoms with E-state index in [2.05, 4.69) is 5.32 Å². The van der Waals surface area contributed by atoms with E-state index in [-0.39, 0.29) is 16.9 Å². The van der Waals surface area contributed by atoms with E-state index in [1.54, 1.807) is 0 Å². The van der Waals surface area contributed by atoms with Crippen molar-refractivity contribution in [3.63, 3.8) is 0 Å². The number of nitrogens with zero attached hydrogens (tertiary/aromatic N) is 1. The molecule has 0 fully saturated rings. The number of esters is 1. The Bertz CT molecular complexity index is 1410. The Balaban J connectivity index is 1.34. The van der Waals surface area contributed by atoms with E-state index >= 15 is 0 Å². The minimum atomic E-state index is -0.821. The van der Waals surface area contributed by atoms with E-state index in [1.165, 1.54) is 18.9 Å². The van der Waals surface area contributed by atoms with Crippen molar-refractivity contribution in [1.82, 2.24) is 5.32 Å². The van der Waals surface area contributed by atoms with Crippen LogP contribution >= 0.6 is 11.8 Å². The summed E-state index contributed by atoms with van der Waals surface area (Å²) in [4.78, 5) is 53.4. The van der Waals surface area contributed by atoms with Crippen molar-refractivity contribution in [2.45, 2.75) is 49.9 Å². The Morgan fingerprint density at radius 3 is 2.36 bits per heavy atom. The highest BCUT2D eigenvalue weighted by molar-refractivity contribution is 8.14. The van der Waals surface area contributed by atoms with Crippen molar-refractivity contribution in [3.05, 3.63) is 89.5 Å². The number of aryl methyl sites for hydroxylation is 1. The van der Waals surface area contributed by atoms with E-state index in [0.29, 0.717) is 25.7 Å². The lowest BCUT2D eigenvalue weighted by molar-refractivity contribution is -0.143. The number of para-hydroxylation sites is 1. The first-order valence-corrected chi connectivity index (χ1v) is 13.9. The molecule has 39 heavy (non-hydrogen) atoms. The molecule has 0 radical (unpaired) electrons. The Hall–Kier alpha value is -3.91.